The number of halogens is 1. The highest BCUT2D eigenvalue weighted by Gasteiger charge is 2.27. The van der Waals surface area contributed by atoms with Crippen LogP contribution in [0.15, 0.2) is 52.4 Å². The molecule has 7 nitrogen and oxygen atoms in total. The minimum atomic E-state index is -3.41. The van der Waals surface area contributed by atoms with Crippen molar-refractivity contribution in [2.45, 2.75) is 43.7 Å². The summed E-state index contributed by atoms with van der Waals surface area (Å²) in [5, 5.41) is 6.56. The molecule has 170 valence electrons. The third-order valence-electron chi connectivity index (χ3n) is 4.94. The number of aryl methyl sites for hydroxylation is 1. The van der Waals surface area contributed by atoms with E-state index in [0.717, 1.165) is 36.1 Å². The highest BCUT2D eigenvalue weighted by molar-refractivity contribution is 14.0. The van der Waals surface area contributed by atoms with Gasteiger partial charge in [-0.25, -0.2) is 13.1 Å². The fourth-order valence-corrected chi connectivity index (χ4v) is 4.40. The zero-order valence-corrected chi connectivity index (χ0v) is 21.3. The predicted octanol–water partition coefficient (Wildman–Crippen LogP) is 2.97. The van der Waals surface area contributed by atoms with Gasteiger partial charge in [0.15, 0.2) is 5.96 Å². The van der Waals surface area contributed by atoms with Crippen LogP contribution in [0.4, 0.5) is 0 Å². The minimum absolute atomic E-state index is 0. The first-order valence-corrected chi connectivity index (χ1v) is 11.6. The fourth-order valence-electron chi connectivity index (χ4n) is 3.10. The van der Waals surface area contributed by atoms with E-state index >= 15 is 0 Å². The van der Waals surface area contributed by atoms with Crippen LogP contribution in [0.25, 0.3) is 0 Å². The SMILES string of the molecule is CN=C(NCCc1cc(C)ccc1OC)NCc1ccc(S(=O)(=O)NC2CC2)cc1.I. The average Bonchev–Trinajstić information content (AvgIpc) is 3.54. The first-order valence-electron chi connectivity index (χ1n) is 10.1. The molecule has 1 saturated carbocycles. The summed E-state index contributed by atoms with van der Waals surface area (Å²) in [5.74, 6) is 1.57. The molecule has 3 rings (SSSR count). The molecule has 0 aromatic heterocycles. The smallest absolute Gasteiger partial charge is 0.240 e. The van der Waals surface area contributed by atoms with Crippen LogP contribution in [-0.4, -0.2) is 41.1 Å². The van der Waals surface area contributed by atoms with Crippen LogP contribution in [0.5, 0.6) is 5.75 Å². The monoisotopic (exact) mass is 558 g/mol. The highest BCUT2D eigenvalue weighted by atomic mass is 127. The molecule has 1 aliphatic rings. The lowest BCUT2D eigenvalue weighted by Gasteiger charge is -2.14. The molecule has 31 heavy (non-hydrogen) atoms. The van der Waals surface area contributed by atoms with Crippen molar-refractivity contribution in [1.82, 2.24) is 15.4 Å². The Bertz CT molecular complexity index is 990. The van der Waals surface area contributed by atoms with E-state index in [1.807, 2.05) is 24.3 Å². The van der Waals surface area contributed by atoms with E-state index < -0.39 is 10.0 Å². The summed E-state index contributed by atoms with van der Waals surface area (Å²) < 4.78 is 32.6. The number of nitrogens with one attached hydrogen (secondary N) is 3. The van der Waals surface area contributed by atoms with Crippen LogP contribution >= 0.6 is 24.0 Å². The Balaban J connectivity index is 0.00000341. The molecule has 0 saturated heterocycles. The molecule has 0 aliphatic heterocycles. The van der Waals surface area contributed by atoms with Crippen molar-refractivity contribution in [3.8, 4) is 5.75 Å². The number of aliphatic imine (C=N–C) groups is 1. The second kappa shape index (κ2) is 11.7. The number of nitrogens with zero attached hydrogens (tertiary/aromatic N) is 1. The van der Waals surface area contributed by atoms with Gasteiger partial charge in [0.05, 0.1) is 12.0 Å². The number of ether oxygens (including phenoxy) is 1. The molecule has 0 atom stereocenters. The van der Waals surface area contributed by atoms with E-state index in [1.54, 1.807) is 26.3 Å². The molecule has 2 aromatic rings. The van der Waals surface area contributed by atoms with Crippen LogP contribution in [-0.2, 0) is 23.0 Å². The number of hydrogen-bond donors (Lipinski definition) is 3. The van der Waals surface area contributed by atoms with Gasteiger partial charge in [0.1, 0.15) is 5.75 Å². The van der Waals surface area contributed by atoms with Crippen LogP contribution in [0.1, 0.15) is 29.5 Å². The molecular formula is C22H31IN4O3S. The van der Waals surface area contributed by atoms with E-state index in [4.69, 9.17) is 4.74 Å². The summed E-state index contributed by atoms with van der Waals surface area (Å²) in [4.78, 5) is 4.55. The van der Waals surface area contributed by atoms with Crippen molar-refractivity contribution >= 4 is 40.0 Å². The summed E-state index contributed by atoms with van der Waals surface area (Å²) >= 11 is 0. The molecule has 0 bridgehead atoms. The van der Waals surface area contributed by atoms with Crippen LogP contribution in [0, 0.1) is 6.92 Å². The molecule has 0 heterocycles. The maximum atomic E-state index is 12.2. The van der Waals surface area contributed by atoms with E-state index in [9.17, 15) is 8.42 Å². The quantitative estimate of drug-likeness (QED) is 0.250. The van der Waals surface area contributed by atoms with Gasteiger partial charge in [0.25, 0.3) is 0 Å². The van der Waals surface area contributed by atoms with Gasteiger partial charge < -0.3 is 15.4 Å². The Labute approximate surface area is 202 Å². The van der Waals surface area contributed by atoms with Crippen molar-refractivity contribution in [3.63, 3.8) is 0 Å². The third-order valence-corrected chi connectivity index (χ3v) is 6.48. The molecular weight excluding hydrogens is 527 g/mol. The van der Waals surface area contributed by atoms with Crippen LogP contribution in [0.2, 0.25) is 0 Å². The van der Waals surface area contributed by atoms with Crippen molar-refractivity contribution < 1.29 is 13.2 Å². The first-order chi connectivity index (χ1) is 14.4. The summed E-state index contributed by atoms with van der Waals surface area (Å²) in [6.07, 6.45) is 2.65. The summed E-state index contributed by atoms with van der Waals surface area (Å²) in [6, 6.07) is 13.2. The first kappa shape index (κ1) is 25.4. The molecule has 3 N–H and O–H groups in total. The standard InChI is InChI=1S/C22H30N4O3S.HI/c1-16-4-11-21(29-3)18(14-16)12-13-24-22(23-2)25-15-17-5-9-20(10-6-17)30(27,28)26-19-7-8-19;/h4-6,9-11,14,19,26H,7-8,12-13,15H2,1-3H3,(H2,23,24,25);1H. The zero-order valence-electron chi connectivity index (χ0n) is 18.1. The number of guanidine groups is 1. The predicted molar refractivity (Wildman–Crippen MR) is 135 cm³/mol. The van der Waals surface area contributed by atoms with Crippen molar-refractivity contribution in [2.24, 2.45) is 4.99 Å². The summed E-state index contributed by atoms with van der Waals surface area (Å²) in [7, 11) is -0.00857. The molecule has 0 spiro atoms. The van der Waals surface area contributed by atoms with Gasteiger partial charge in [0, 0.05) is 26.2 Å². The lowest BCUT2D eigenvalue weighted by Crippen LogP contribution is -2.37. The molecule has 1 aliphatic carbocycles. The van der Waals surface area contributed by atoms with Crippen LogP contribution < -0.4 is 20.1 Å². The largest absolute Gasteiger partial charge is 0.496 e. The minimum Gasteiger partial charge on any atom is -0.496 e. The molecule has 0 amide bonds. The van der Waals surface area contributed by atoms with Gasteiger partial charge in [-0.15, -0.1) is 24.0 Å². The zero-order chi connectivity index (χ0) is 21.6. The number of benzene rings is 2. The molecule has 2 aromatic carbocycles. The van der Waals surface area contributed by atoms with E-state index in [0.29, 0.717) is 23.9 Å². The maximum absolute atomic E-state index is 12.2. The molecule has 1 fully saturated rings. The normalized spacial score (nSPS) is 14.0. The van der Waals surface area contributed by atoms with Gasteiger partial charge in [-0.1, -0.05) is 29.8 Å². The van der Waals surface area contributed by atoms with Gasteiger partial charge in [-0.2, -0.15) is 0 Å². The molecule has 0 unspecified atom stereocenters. The van der Waals surface area contributed by atoms with Crippen molar-refractivity contribution in [1.29, 1.82) is 0 Å². The van der Waals surface area contributed by atoms with E-state index in [-0.39, 0.29) is 30.0 Å². The Morgan fingerprint density at radius 2 is 1.84 bits per heavy atom. The maximum Gasteiger partial charge on any atom is 0.240 e. The Morgan fingerprint density at radius 3 is 2.45 bits per heavy atom. The average molecular weight is 558 g/mol. The lowest BCUT2D eigenvalue weighted by molar-refractivity contribution is 0.409. The van der Waals surface area contributed by atoms with Gasteiger partial charge in [-0.05, 0) is 55.5 Å². The fraction of sp³-hybridized carbons (Fsp3) is 0.409. The Morgan fingerprint density at radius 1 is 1.13 bits per heavy atom. The number of rotatable bonds is 9. The second-order valence-electron chi connectivity index (χ2n) is 7.46. The Kier molecular flexibility index (Phi) is 9.57. The highest BCUT2D eigenvalue weighted by Crippen LogP contribution is 2.22. The summed E-state index contributed by atoms with van der Waals surface area (Å²) in [5.41, 5.74) is 3.33. The summed E-state index contributed by atoms with van der Waals surface area (Å²) in [6.45, 7) is 3.32. The van der Waals surface area contributed by atoms with Crippen LogP contribution in [0.3, 0.4) is 0 Å². The van der Waals surface area contributed by atoms with Gasteiger partial charge in [0.2, 0.25) is 10.0 Å². The molecule has 0 radical (unpaired) electrons. The Hall–Kier alpha value is -1.85. The number of sulfonamides is 1. The van der Waals surface area contributed by atoms with E-state index in [2.05, 4.69) is 33.3 Å². The lowest BCUT2D eigenvalue weighted by atomic mass is 10.1. The van der Waals surface area contributed by atoms with Crippen molar-refractivity contribution in [3.05, 3.63) is 59.2 Å². The third kappa shape index (κ3) is 7.65. The van der Waals surface area contributed by atoms with Gasteiger partial charge in [-0.3, -0.25) is 4.99 Å². The van der Waals surface area contributed by atoms with Crippen molar-refractivity contribution in [2.75, 3.05) is 20.7 Å². The molecule has 9 heteroatoms. The van der Waals surface area contributed by atoms with Gasteiger partial charge >= 0.3 is 0 Å². The van der Waals surface area contributed by atoms with E-state index in [1.165, 1.54) is 5.56 Å². The second-order valence-corrected chi connectivity index (χ2v) is 9.17. The number of hydrogen-bond acceptors (Lipinski definition) is 4. The topological polar surface area (TPSA) is 91.8 Å². The number of methoxy groups -OCH3 is 1.